The van der Waals surface area contributed by atoms with Crippen molar-refractivity contribution < 1.29 is 22.7 Å². The van der Waals surface area contributed by atoms with Gasteiger partial charge in [-0.05, 0) is 70.4 Å². The third-order valence-electron chi connectivity index (χ3n) is 6.87. The number of aromatic nitrogens is 6. The zero-order valence-corrected chi connectivity index (χ0v) is 26.8. The molecule has 5 rings (SSSR count). The molecule has 2 N–H and O–H groups in total. The number of hydrogen-bond acceptors (Lipinski definition) is 10. The number of benzene rings is 3. The van der Waals surface area contributed by atoms with Crippen LogP contribution in [0.15, 0.2) is 91.3 Å². The highest BCUT2D eigenvalue weighted by atomic mass is 35.5. The van der Waals surface area contributed by atoms with Crippen LogP contribution < -0.4 is 10.6 Å². The number of hydrogen-bond donors (Lipinski definition) is 2. The number of nitrogens with zero attached hydrogens (tertiary/aromatic N) is 6. The average Bonchev–Trinajstić information content (AvgIpc) is 3.59. The van der Waals surface area contributed by atoms with Gasteiger partial charge < -0.3 is 10.1 Å². The van der Waals surface area contributed by atoms with Gasteiger partial charge in [-0.1, -0.05) is 54.1 Å². The smallest absolute Gasteiger partial charge is 0.411 e. The van der Waals surface area contributed by atoms with E-state index < -0.39 is 27.9 Å². The zero-order chi connectivity index (χ0) is 33.4. The zero-order valence-electron chi connectivity index (χ0n) is 25.2. The van der Waals surface area contributed by atoms with Crippen molar-refractivity contribution in [2.45, 2.75) is 18.2 Å². The first-order valence-electron chi connectivity index (χ1n) is 14.1. The number of carbonyl (C=O) groups excluding carboxylic acids is 2. The quantitative estimate of drug-likeness (QED) is 0.189. The van der Waals surface area contributed by atoms with Gasteiger partial charge in [0, 0.05) is 34.2 Å². The lowest BCUT2D eigenvalue weighted by atomic mass is 9.98. The number of methoxy groups -OCH3 is 1. The largest absolute Gasteiger partial charge is 0.453 e. The van der Waals surface area contributed by atoms with Gasteiger partial charge in [-0.25, -0.2) is 13.2 Å². The molecule has 0 aliphatic carbocycles. The maximum Gasteiger partial charge on any atom is 0.411 e. The van der Waals surface area contributed by atoms with Crippen molar-refractivity contribution in [2.75, 3.05) is 18.7 Å². The number of halogens is 1. The van der Waals surface area contributed by atoms with Crippen molar-refractivity contribution in [1.82, 2.24) is 35.7 Å². The van der Waals surface area contributed by atoms with Crippen molar-refractivity contribution >= 4 is 45.2 Å². The number of rotatable bonds is 11. The molecule has 13 nitrogen and oxygen atoms in total. The number of tetrazole rings is 1. The predicted octanol–water partition coefficient (Wildman–Crippen LogP) is 4.61. The number of nitrogens with one attached hydrogen (secondary N) is 2. The number of amides is 2. The first-order valence-corrected chi connectivity index (χ1v) is 16.6. The molecule has 1 atom stereocenters. The summed E-state index contributed by atoms with van der Waals surface area (Å²) in [4.78, 5) is 25.0. The number of ether oxygens (including phenoxy) is 1. The summed E-state index contributed by atoms with van der Waals surface area (Å²) in [5.74, 6) is -0.769. The summed E-state index contributed by atoms with van der Waals surface area (Å²) in [6.45, 7) is 0. The lowest BCUT2D eigenvalue weighted by Crippen LogP contribution is -2.29. The molecule has 47 heavy (non-hydrogen) atoms. The van der Waals surface area contributed by atoms with Gasteiger partial charge in [-0.2, -0.15) is 14.9 Å². The number of sulfone groups is 1. The highest BCUT2D eigenvalue weighted by Crippen LogP contribution is 2.29. The van der Waals surface area contributed by atoms with Crippen LogP contribution in [0.2, 0.25) is 5.02 Å². The maximum atomic E-state index is 13.4. The van der Waals surface area contributed by atoms with E-state index in [4.69, 9.17) is 11.6 Å². The summed E-state index contributed by atoms with van der Waals surface area (Å²) in [6.07, 6.45) is 5.27. The summed E-state index contributed by atoms with van der Waals surface area (Å²) in [6, 6.07) is 22.5. The molecule has 2 aromatic heterocycles. The van der Waals surface area contributed by atoms with E-state index in [1.165, 1.54) is 24.2 Å². The Hall–Kier alpha value is -5.47. The second-order valence-corrected chi connectivity index (χ2v) is 13.0. The Morgan fingerprint density at radius 1 is 1.02 bits per heavy atom. The summed E-state index contributed by atoms with van der Waals surface area (Å²) in [7, 11) is -2.21. The fraction of sp³-hybridized carbons (Fsp3) is 0.156. The molecule has 0 radical (unpaired) electrons. The lowest BCUT2D eigenvalue weighted by molar-refractivity contribution is -0.117. The van der Waals surface area contributed by atoms with Crippen LogP contribution in [0.25, 0.3) is 22.9 Å². The lowest BCUT2D eigenvalue weighted by Gasteiger charge is -2.19. The van der Waals surface area contributed by atoms with Crippen LogP contribution in [0, 0.1) is 0 Å². The van der Waals surface area contributed by atoms with Gasteiger partial charge in [-0.3, -0.25) is 10.1 Å². The highest BCUT2D eigenvalue weighted by Gasteiger charge is 2.21. The standard InChI is InChI=1S/C32H29ClN8O5S/c1-46-32(43)35-25-12-8-22(9-13-25)26-18-28(37-38-29(26)19-47(2,44)45)27(16-21-6-4-3-5-7-21)36-31(42)15-10-23-17-24(33)11-14-30(23)41-20-34-39-40-41/h3-15,17-18,20,27H,16,19H2,1-2H3,(H,35,43)(H,36,42)/t27-/m0/s1. The Bertz CT molecular complexity index is 2010. The van der Waals surface area contributed by atoms with E-state index in [2.05, 4.69) is 41.1 Å². The molecule has 0 spiro atoms. The molecule has 0 bridgehead atoms. The molecule has 240 valence electrons. The minimum Gasteiger partial charge on any atom is -0.453 e. The highest BCUT2D eigenvalue weighted by molar-refractivity contribution is 7.89. The molecule has 15 heteroatoms. The van der Waals surface area contributed by atoms with E-state index in [1.54, 1.807) is 54.6 Å². The summed E-state index contributed by atoms with van der Waals surface area (Å²) >= 11 is 6.23. The molecule has 3 aromatic carbocycles. The topological polar surface area (TPSA) is 171 Å². The third kappa shape index (κ3) is 9.05. The summed E-state index contributed by atoms with van der Waals surface area (Å²) < 4.78 is 30.7. The molecule has 0 saturated carbocycles. The molecule has 5 aromatic rings. The van der Waals surface area contributed by atoms with Crippen LogP contribution in [0.5, 0.6) is 0 Å². The first-order chi connectivity index (χ1) is 22.6. The monoisotopic (exact) mass is 672 g/mol. The van der Waals surface area contributed by atoms with Gasteiger partial charge in [0.2, 0.25) is 5.91 Å². The van der Waals surface area contributed by atoms with E-state index >= 15 is 0 Å². The normalized spacial score (nSPS) is 12.1. The molecule has 0 saturated heterocycles. The molecule has 0 aliphatic heterocycles. The van der Waals surface area contributed by atoms with Crippen LogP contribution in [0.1, 0.15) is 28.6 Å². The fourth-order valence-corrected chi connectivity index (χ4v) is 5.60. The Kier molecular flexibility index (Phi) is 10.3. The van der Waals surface area contributed by atoms with E-state index in [-0.39, 0.29) is 11.4 Å². The molecular weight excluding hydrogens is 644 g/mol. The minimum absolute atomic E-state index is 0.241. The molecule has 0 aliphatic rings. The Labute approximate surface area is 275 Å². The van der Waals surface area contributed by atoms with Crippen molar-refractivity contribution in [3.05, 3.63) is 119 Å². The number of carbonyl (C=O) groups is 2. The Morgan fingerprint density at radius 2 is 1.79 bits per heavy atom. The first kappa shape index (κ1) is 32.9. The van der Waals surface area contributed by atoms with Gasteiger partial charge in [-0.15, -0.1) is 5.10 Å². The van der Waals surface area contributed by atoms with Gasteiger partial charge in [0.1, 0.15) is 6.33 Å². The molecule has 0 fully saturated rings. The second-order valence-electron chi connectivity index (χ2n) is 10.4. The van der Waals surface area contributed by atoms with Crippen molar-refractivity contribution in [3.8, 4) is 16.8 Å². The van der Waals surface area contributed by atoms with Crippen LogP contribution in [0.3, 0.4) is 0 Å². The molecule has 0 unspecified atom stereocenters. The molecule has 2 amide bonds. The van der Waals surface area contributed by atoms with E-state index in [9.17, 15) is 18.0 Å². The van der Waals surface area contributed by atoms with E-state index in [0.717, 1.165) is 11.8 Å². The summed E-state index contributed by atoms with van der Waals surface area (Å²) in [5, 5.41) is 26.0. The Balaban J connectivity index is 1.49. The Morgan fingerprint density at radius 3 is 2.47 bits per heavy atom. The van der Waals surface area contributed by atoms with Crippen molar-refractivity contribution in [3.63, 3.8) is 0 Å². The fourth-order valence-electron chi connectivity index (χ4n) is 4.71. The van der Waals surface area contributed by atoms with E-state index in [1.807, 2.05) is 30.3 Å². The van der Waals surface area contributed by atoms with Crippen LogP contribution >= 0.6 is 11.6 Å². The van der Waals surface area contributed by atoms with Crippen LogP contribution in [-0.4, -0.2) is 64.2 Å². The van der Waals surface area contributed by atoms with Crippen LogP contribution in [0.4, 0.5) is 10.5 Å². The second kappa shape index (κ2) is 14.7. The number of anilines is 1. The SMILES string of the molecule is COC(=O)Nc1ccc(-c2cc([C@H](Cc3ccccc3)NC(=O)C=Cc3cc(Cl)ccc3-n3cnnn3)nnc2CS(C)(=O)=O)cc1. The van der Waals surface area contributed by atoms with Crippen molar-refractivity contribution in [1.29, 1.82) is 0 Å². The van der Waals surface area contributed by atoms with Gasteiger partial charge >= 0.3 is 6.09 Å². The van der Waals surface area contributed by atoms with Crippen molar-refractivity contribution in [2.24, 2.45) is 0 Å². The maximum absolute atomic E-state index is 13.4. The van der Waals surface area contributed by atoms with Crippen LogP contribution in [-0.2, 0) is 31.5 Å². The molecular formula is C32H29ClN8O5S. The van der Waals surface area contributed by atoms with Gasteiger partial charge in [0.15, 0.2) is 9.84 Å². The van der Waals surface area contributed by atoms with Gasteiger partial charge in [0.25, 0.3) is 0 Å². The van der Waals surface area contributed by atoms with Gasteiger partial charge in [0.05, 0.1) is 36.0 Å². The minimum atomic E-state index is -3.47. The third-order valence-corrected chi connectivity index (χ3v) is 7.90. The molecule has 2 heterocycles. The summed E-state index contributed by atoms with van der Waals surface area (Å²) in [5.41, 5.74) is 4.44. The average molecular weight is 673 g/mol. The van der Waals surface area contributed by atoms with E-state index in [0.29, 0.717) is 45.2 Å². The predicted molar refractivity (Wildman–Crippen MR) is 176 cm³/mol.